The molecule has 0 radical (unpaired) electrons. The summed E-state index contributed by atoms with van der Waals surface area (Å²) in [5.41, 5.74) is 10.8. The van der Waals surface area contributed by atoms with Crippen LogP contribution in [0, 0.1) is 0 Å². The molecule has 5 nitrogen and oxygen atoms in total. The molecule has 0 aliphatic carbocycles. The summed E-state index contributed by atoms with van der Waals surface area (Å²) in [6.45, 7) is 2.19. The molecular formula is C40H26N3O2+. The summed E-state index contributed by atoms with van der Waals surface area (Å²) in [6.07, 6.45) is 1.89. The summed E-state index contributed by atoms with van der Waals surface area (Å²) in [6, 6.07) is 45.3. The standard InChI is InChI=1S/C40H26N3O2/c1-24-37(27-21-19-26(20-22-27)25-10-3-2-4-11-25)45-39-40-35-31(42(24)39)15-7-17-33(35)44-34-18-8-16-32(36(34)40)43-30-14-6-5-12-28(30)29-13-9-23-41(40)38(29)43/h2-23,39H,1H3/q+1. The van der Waals surface area contributed by atoms with Gasteiger partial charge in [0.15, 0.2) is 0 Å². The van der Waals surface area contributed by atoms with Crippen LogP contribution in [0.5, 0.6) is 11.5 Å². The molecule has 0 amide bonds. The number of ether oxygens (including phenoxy) is 2. The number of hydrogen-bond donors (Lipinski definition) is 0. The summed E-state index contributed by atoms with van der Waals surface area (Å²) in [5.74, 6) is 2.66. The van der Waals surface area contributed by atoms with Crippen molar-refractivity contribution < 1.29 is 14.0 Å². The van der Waals surface area contributed by atoms with Crippen molar-refractivity contribution in [3.63, 3.8) is 0 Å². The van der Waals surface area contributed by atoms with Crippen molar-refractivity contribution in [2.45, 2.75) is 18.7 Å². The Labute approximate surface area is 259 Å². The fourth-order valence-corrected chi connectivity index (χ4v) is 8.53. The van der Waals surface area contributed by atoms with Gasteiger partial charge in [0.25, 0.3) is 5.65 Å². The van der Waals surface area contributed by atoms with Crippen LogP contribution in [0.1, 0.15) is 23.6 Å². The van der Waals surface area contributed by atoms with Gasteiger partial charge in [-0.1, -0.05) is 78.9 Å². The van der Waals surface area contributed by atoms with E-state index in [2.05, 4.69) is 155 Å². The van der Waals surface area contributed by atoms with Crippen molar-refractivity contribution in [3.05, 3.63) is 156 Å². The molecule has 0 saturated carbocycles. The minimum absolute atomic E-state index is 0.344. The molecule has 0 saturated heterocycles. The molecule has 0 N–H and O–H groups in total. The molecule has 2 aromatic heterocycles. The quantitative estimate of drug-likeness (QED) is 0.192. The second-order valence-corrected chi connectivity index (χ2v) is 12.3. The number of benzene rings is 5. The molecule has 4 aliphatic heterocycles. The van der Waals surface area contributed by atoms with Crippen molar-refractivity contribution in [2.24, 2.45) is 0 Å². The molecule has 1 spiro atoms. The Morgan fingerprint density at radius 2 is 1.29 bits per heavy atom. The fourth-order valence-electron chi connectivity index (χ4n) is 8.53. The maximum Gasteiger partial charge on any atom is 0.296 e. The van der Waals surface area contributed by atoms with Gasteiger partial charge >= 0.3 is 0 Å². The molecule has 5 aromatic carbocycles. The average Bonchev–Trinajstić information content (AvgIpc) is 3.72. The minimum atomic E-state index is -0.674. The zero-order chi connectivity index (χ0) is 29.4. The predicted molar refractivity (Wildman–Crippen MR) is 175 cm³/mol. The zero-order valence-corrected chi connectivity index (χ0v) is 24.4. The SMILES string of the molecule is CC1=C(c2ccc(-c3ccccc3)cc2)OC2N1c1cccc3c1C21c2c(cccc2-n2c4ccccc4c4ccc[n+]1c42)O3. The van der Waals surface area contributed by atoms with Crippen LogP contribution in [0.2, 0.25) is 0 Å². The van der Waals surface area contributed by atoms with Gasteiger partial charge in [-0.25, -0.2) is 4.57 Å². The Hall–Kier alpha value is -5.81. The molecule has 2 unspecified atom stereocenters. The summed E-state index contributed by atoms with van der Waals surface area (Å²) < 4.78 is 18.9. The van der Waals surface area contributed by atoms with Gasteiger partial charge in [0.2, 0.25) is 11.8 Å². The molecule has 0 fully saturated rings. The predicted octanol–water partition coefficient (Wildman–Crippen LogP) is 8.51. The number of para-hydroxylation sites is 1. The number of nitrogens with zero attached hydrogens (tertiary/aromatic N) is 3. The van der Waals surface area contributed by atoms with Gasteiger partial charge in [0.05, 0.1) is 28.5 Å². The molecular weight excluding hydrogens is 554 g/mol. The van der Waals surface area contributed by atoms with Gasteiger partial charge in [-0.05, 0) is 66.6 Å². The molecule has 11 rings (SSSR count). The van der Waals surface area contributed by atoms with Crippen molar-refractivity contribution in [1.29, 1.82) is 0 Å². The number of allylic oxidation sites excluding steroid dienone is 1. The van der Waals surface area contributed by atoms with E-state index in [4.69, 9.17) is 9.47 Å². The Bertz CT molecular complexity index is 2460. The van der Waals surface area contributed by atoms with E-state index in [0.717, 1.165) is 56.7 Å². The summed E-state index contributed by atoms with van der Waals surface area (Å²) in [7, 11) is 0. The lowest BCUT2D eigenvalue weighted by atomic mass is 9.77. The van der Waals surface area contributed by atoms with Crippen LogP contribution in [-0.2, 0) is 10.3 Å². The van der Waals surface area contributed by atoms with Crippen LogP contribution in [0.4, 0.5) is 5.69 Å². The number of pyridine rings is 1. The maximum atomic E-state index is 7.28. The average molecular weight is 581 g/mol. The first-order chi connectivity index (χ1) is 22.2. The van der Waals surface area contributed by atoms with E-state index in [1.807, 2.05) is 0 Å². The van der Waals surface area contributed by atoms with Crippen LogP contribution in [0.25, 0.3) is 44.5 Å². The third kappa shape index (κ3) is 2.66. The molecule has 6 heterocycles. The lowest BCUT2D eigenvalue weighted by molar-refractivity contribution is -0.730. The van der Waals surface area contributed by atoms with E-state index in [1.54, 1.807) is 0 Å². The third-order valence-corrected chi connectivity index (χ3v) is 10.3. The van der Waals surface area contributed by atoms with E-state index >= 15 is 0 Å². The van der Waals surface area contributed by atoms with E-state index in [-0.39, 0.29) is 6.23 Å². The van der Waals surface area contributed by atoms with E-state index in [9.17, 15) is 0 Å². The van der Waals surface area contributed by atoms with Gasteiger partial charge in [-0.2, -0.15) is 4.57 Å². The van der Waals surface area contributed by atoms with E-state index in [0.29, 0.717) is 0 Å². The van der Waals surface area contributed by atoms with Gasteiger partial charge in [0.1, 0.15) is 34.0 Å². The zero-order valence-electron chi connectivity index (χ0n) is 24.4. The topological polar surface area (TPSA) is 30.5 Å². The van der Waals surface area contributed by atoms with Crippen molar-refractivity contribution in [3.8, 4) is 28.3 Å². The smallest absolute Gasteiger partial charge is 0.296 e. The van der Waals surface area contributed by atoms with Crippen LogP contribution in [0.3, 0.4) is 0 Å². The van der Waals surface area contributed by atoms with Gasteiger partial charge in [0, 0.05) is 10.9 Å². The number of aromatic nitrogens is 2. The fraction of sp³-hybridized carbons (Fsp3) is 0.0750. The largest absolute Gasteiger partial charge is 0.462 e. The third-order valence-electron chi connectivity index (χ3n) is 10.3. The molecule has 45 heavy (non-hydrogen) atoms. The van der Waals surface area contributed by atoms with Crippen molar-refractivity contribution in [2.75, 3.05) is 4.90 Å². The summed E-state index contributed by atoms with van der Waals surface area (Å²) in [5, 5.41) is 2.46. The van der Waals surface area contributed by atoms with Gasteiger partial charge < -0.3 is 14.4 Å². The second kappa shape index (κ2) is 8.01. The maximum absolute atomic E-state index is 7.28. The highest BCUT2D eigenvalue weighted by molar-refractivity contribution is 6.07. The van der Waals surface area contributed by atoms with Crippen LogP contribution >= 0.6 is 0 Å². The lowest BCUT2D eigenvalue weighted by Crippen LogP contribution is -2.67. The Morgan fingerprint density at radius 1 is 0.622 bits per heavy atom. The lowest BCUT2D eigenvalue weighted by Gasteiger charge is -2.40. The second-order valence-electron chi connectivity index (χ2n) is 12.3. The van der Waals surface area contributed by atoms with Gasteiger partial charge in [-0.15, -0.1) is 0 Å². The normalized spacial score (nSPS) is 19.8. The Balaban J connectivity index is 1.20. The molecule has 2 atom stereocenters. The van der Waals surface area contributed by atoms with E-state index < -0.39 is 5.54 Å². The first kappa shape index (κ1) is 23.6. The number of fused-ring (bicyclic) bond motifs is 6. The van der Waals surface area contributed by atoms with Crippen LogP contribution in [-0.4, -0.2) is 10.8 Å². The minimum Gasteiger partial charge on any atom is -0.462 e. The highest BCUT2D eigenvalue weighted by Crippen LogP contribution is 2.63. The molecule has 4 aliphatic rings. The van der Waals surface area contributed by atoms with Crippen LogP contribution < -0.4 is 14.2 Å². The van der Waals surface area contributed by atoms with Crippen molar-refractivity contribution >= 4 is 33.4 Å². The molecule has 7 aromatic rings. The Kier molecular flexibility index (Phi) is 4.21. The first-order valence-electron chi connectivity index (χ1n) is 15.5. The summed E-state index contributed by atoms with van der Waals surface area (Å²) in [4.78, 5) is 2.40. The number of anilines is 1. The molecule has 0 bridgehead atoms. The number of rotatable bonds is 2. The highest BCUT2D eigenvalue weighted by Gasteiger charge is 2.69. The highest BCUT2D eigenvalue weighted by atomic mass is 16.5. The summed E-state index contributed by atoms with van der Waals surface area (Å²) >= 11 is 0. The van der Waals surface area contributed by atoms with Gasteiger partial charge in [-0.3, -0.25) is 0 Å². The Morgan fingerprint density at radius 3 is 2.11 bits per heavy atom. The monoisotopic (exact) mass is 580 g/mol. The van der Waals surface area contributed by atoms with E-state index in [1.165, 1.54) is 27.4 Å². The molecule has 5 heteroatoms. The first-order valence-corrected chi connectivity index (χ1v) is 15.5. The number of hydrogen-bond acceptors (Lipinski definition) is 3. The molecule has 212 valence electrons. The van der Waals surface area contributed by atoms with Crippen molar-refractivity contribution in [1.82, 2.24) is 4.57 Å². The van der Waals surface area contributed by atoms with Crippen LogP contribution in [0.15, 0.2) is 139 Å².